The van der Waals surface area contributed by atoms with Crippen molar-refractivity contribution in [1.82, 2.24) is 5.32 Å². The molecule has 198 valence electrons. The third-order valence-corrected chi connectivity index (χ3v) is 6.78. The standard InChI is InChI=1S/C29H30F5NO2/c1-4-23-19(12-20-13-24(20)23)10-17(2)37-16-21-11-18(6-7-26(21)30)28-25(29(32,33)34)14-22(15-27(28)31)36-9-5-8-35-3/h4,6-7,10-11,14-15,20,24,35H,2,5,8-9,12-13,16H2,1,3H3/b19-10-,23-4+/t20?,24-/m1/s1. The van der Waals surface area contributed by atoms with E-state index >= 15 is 4.39 Å². The molecule has 0 spiro atoms. The molecule has 0 saturated heterocycles. The first-order valence-electron chi connectivity index (χ1n) is 12.3. The largest absolute Gasteiger partial charge is 0.493 e. The molecule has 37 heavy (non-hydrogen) atoms. The van der Waals surface area contributed by atoms with E-state index in [1.165, 1.54) is 18.1 Å². The topological polar surface area (TPSA) is 30.5 Å². The van der Waals surface area contributed by atoms with E-state index in [4.69, 9.17) is 9.47 Å². The summed E-state index contributed by atoms with van der Waals surface area (Å²) in [4.78, 5) is 0. The van der Waals surface area contributed by atoms with Gasteiger partial charge in [0.15, 0.2) is 0 Å². The maximum Gasteiger partial charge on any atom is 0.417 e. The number of allylic oxidation sites excluding steroid dienone is 4. The van der Waals surface area contributed by atoms with Gasteiger partial charge in [-0.05, 0) is 92.6 Å². The number of ether oxygens (including phenoxy) is 2. The summed E-state index contributed by atoms with van der Waals surface area (Å²) in [5.41, 5.74) is 0.461. The number of nitrogens with one attached hydrogen (secondary N) is 1. The molecule has 0 aliphatic heterocycles. The van der Waals surface area contributed by atoms with E-state index < -0.39 is 28.9 Å². The first kappa shape index (κ1) is 26.9. The Morgan fingerprint density at radius 2 is 1.95 bits per heavy atom. The molecule has 0 aromatic heterocycles. The second-order valence-corrected chi connectivity index (χ2v) is 9.41. The van der Waals surface area contributed by atoms with E-state index in [2.05, 4.69) is 18.0 Å². The van der Waals surface area contributed by atoms with Gasteiger partial charge in [-0.2, -0.15) is 13.2 Å². The molecule has 2 aromatic rings. The van der Waals surface area contributed by atoms with Crippen LogP contribution in [0.5, 0.6) is 5.75 Å². The molecule has 8 heteroatoms. The first-order chi connectivity index (χ1) is 17.6. The lowest BCUT2D eigenvalue weighted by Crippen LogP contribution is -2.13. The van der Waals surface area contributed by atoms with Crippen LogP contribution in [0.2, 0.25) is 0 Å². The molecule has 0 amide bonds. The zero-order valence-corrected chi connectivity index (χ0v) is 20.9. The van der Waals surface area contributed by atoms with Crippen LogP contribution >= 0.6 is 0 Å². The predicted molar refractivity (Wildman–Crippen MR) is 133 cm³/mol. The molecular weight excluding hydrogens is 489 g/mol. The van der Waals surface area contributed by atoms with Crippen molar-refractivity contribution in [2.45, 2.75) is 39.0 Å². The van der Waals surface area contributed by atoms with E-state index in [1.54, 1.807) is 7.05 Å². The van der Waals surface area contributed by atoms with Gasteiger partial charge >= 0.3 is 6.18 Å². The van der Waals surface area contributed by atoms with Gasteiger partial charge in [0.25, 0.3) is 0 Å². The van der Waals surface area contributed by atoms with Gasteiger partial charge in [0.05, 0.1) is 12.2 Å². The van der Waals surface area contributed by atoms with E-state index in [1.807, 2.05) is 13.0 Å². The quantitative estimate of drug-likeness (QED) is 0.199. The number of benzene rings is 2. The minimum absolute atomic E-state index is 0.00232. The number of rotatable bonds is 10. The van der Waals surface area contributed by atoms with Crippen LogP contribution < -0.4 is 10.1 Å². The highest BCUT2D eigenvalue weighted by Gasteiger charge is 2.46. The zero-order chi connectivity index (χ0) is 26.7. The van der Waals surface area contributed by atoms with Crippen molar-refractivity contribution in [3.8, 4) is 16.9 Å². The molecule has 2 fully saturated rings. The fourth-order valence-electron chi connectivity index (χ4n) is 4.90. The van der Waals surface area contributed by atoms with E-state index in [0.717, 1.165) is 36.3 Å². The number of hydrogen-bond acceptors (Lipinski definition) is 3. The third-order valence-electron chi connectivity index (χ3n) is 6.78. The average Bonchev–Trinajstić information content (AvgIpc) is 3.51. The number of fused-ring (bicyclic) bond motifs is 1. The zero-order valence-electron chi connectivity index (χ0n) is 20.9. The van der Waals surface area contributed by atoms with Crippen molar-refractivity contribution in [3.63, 3.8) is 0 Å². The lowest BCUT2D eigenvalue weighted by atomic mass is 9.96. The Bertz CT molecular complexity index is 1230. The first-order valence-corrected chi connectivity index (χ1v) is 12.3. The van der Waals surface area contributed by atoms with Crippen molar-refractivity contribution in [2.75, 3.05) is 20.2 Å². The average molecular weight is 520 g/mol. The van der Waals surface area contributed by atoms with Gasteiger partial charge in [-0.15, -0.1) is 0 Å². The molecule has 3 nitrogen and oxygen atoms in total. The SMILES string of the molecule is C=C(/C=C1/CC2C[C@H]2/C1=C/C)OCc1cc(-c2c(F)cc(OCCCNC)cc2C(F)(F)F)ccc1F. The van der Waals surface area contributed by atoms with Gasteiger partial charge in [0, 0.05) is 17.2 Å². The van der Waals surface area contributed by atoms with E-state index in [0.29, 0.717) is 30.6 Å². The van der Waals surface area contributed by atoms with Crippen LogP contribution in [-0.2, 0) is 17.5 Å². The van der Waals surface area contributed by atoms with E-state index in [9.17, 15) is 17.6 Å². The molecule has 1 unspecified atom stereocenters. The van der Waals surface area contributed by atoms with Crippen LogP contribution in [0.1, 0.15) is 37.3 Å². The number of alkyl halides is 3. The normalized spacial score (nSPS) is 20.8. The maximum absolute atomic E-state index is 15.0. The van der Waals surface area contributed by atoms with Crippen LogP contribution in [-0.4, -0.2) is 20.2 Å². The summed E-state index contributed by atoms with van der Waals surface area (Å²) >= 11 is 0. The second-order valence-electron chi connectivity index (χ2n) is 9.41. The molecule has 2 atom stereocenters. The summed E-state index contributed by atoms with van der Waals surface area (Å²) in [6.07, 6.45) is 1.76. The Morgan fingerprint density at radius 1 is 1.16 bits per heavy atom. The molecule has 0 heterocycles. The minimum Gasteiger partial charge on any atom is -0.493 e. The number of halogens is 5. The van der Waals surface area contributed by atoms with Crippen molar-refractivity contribution in [2.24, 2.45) is 11.8 Å². The molecule has 2 aromatic carbocycles. The minimum atomic E-state index is -4.85. The van der Waals surface area contributed by atoms with Crippen molar-refractivity contribution >= 4 is 0 Å². The third kappa shape index (κ3) is 6.24. The summed E-state index contributed by atoms with van der Waals surface area (Å²) < 4.78 is 82.2. The highest BCUT2D eigenvalue weighted by molar-refractivity contribution is 5.70. The van der Waals surface area contributed by atoms with Crippen LogP contribution in [0.25, 0.3) is 11.1 Å². The smallest absolute Gasteiger partial charge is 0.417 e. The fraction of sp³-hybridized carbons (Fsp3) is 0.379. The molecule has 0 bridgehead atoms. The van der Waals surface area contributed by atoms with Crippen LogP contribution in [0, 0.1) is 23.5 Å². The van der Waals surface area contributed by atoms with Crippen molar-refractivity contribution in [3.05, 3.63) is 88.7 Å². The summed E-state index contributed by atoms with van der Waals surface area (Å²) in [7, 11) is 1.74. The Kier molecular flexibility index (Phi) is 8.07. The molecule has 0 radical (unpaired) electrons. The summed E-state index contributed by atoms with van der Waals surface area (Å²) in [6, 6.07) is 5.01. The van der Waals surface area contributed by atoms with Crippen LogP contribution in [0.15, 0.2) is 66.0 Å². The monoisotopic (exact) mass is 519 g/mol. The van der Waals surface area contributed by atoms with Crippen LogP contribution in [0.3, 0.4) is 0 Å². The Hall–Kier alpha value is -3.13. The molecule has 1 N–H and O–H groups in total. The van der Waals surface area contributed by atoms with Gasteiger partial charge in [-0.3, -0.25) is 0 Å². The Balaban J connectivity index is 1.55. The van der Waals surface area contributed by atoms with Crippen LogP contribution in [0.4, 0.5) is 22.0 Å². The van der Waals surface area contributed by atoms with E-state index in [-0.39, 0.29) is 30.1 Å². The van der Waals surface area contributed by atoms with Gasteiger partial charge in [-0.25, -0.2) is 8.78 Å². The Labute approximate surface area is 213 Å². The van der Waals surface area contributed by atoms with Gasteiger partial charge < -0.3 is 14.8 Å². The molecule has 2 aliphatic rings. The molecule has 2 saturated carbocycles. The van der Waals surface area contributed by atoms with Crippen molar-refractivity contribution < 1.29 is 31.4 Å². The Morgan fingerprint density at radius 3 is 2.65 bits per heavy atom. The van der Waals surface area contributed by atoms with Crippen molar-refractivity contribution in [1.29, 1.82) is 0 Å². The highest BCUT2D eigenvalue weighted by Crippen LogP contribution is 2.57. The highest BCUT2D eigenvalue weighted by atomic mass is 19.4. The summed E-state index contributed by atoms with van der Waals surface area (Å²) in [5.74, 6) is -0.390. The lowest BCUT2D eigenvalue weighted by molar-refractivity contribution is -0.137. The lowest BCUT2D eigenvalue weighted by Gasteiger charge is -2.17. The maximum atomic E-state index is 15.0. The van der Waals surface area contributed by atoms with Gasteiger partial charge in [0.2, 0.25) is 0 Å². The molecule has 4 rings (SSSR count). The van der Waals surface area contributed by atoms with Gasteiger partial charge in [-0.1, -0.05) is 18.7 Å². The number of hydrogen-bond donors (Lipinski definition) is 1. The second kappa shape index (κ2) is 11.1. The van der Waals surface area contributed by atoms with Gasteiger partial charge in [0.1, 0.15) is 29.8 Å². The summed E-state index contributed by atoms with van der Waals surface area (Å²) in [5, 5.41) is 2.90. The fourth-order valence-corrected chi connectivity index (χ4v) is 4.90. The summed E-state index contributed by atoms with van der Waals surface area (Å²) in [6.45, 7) is 6.36. The molecule has 2 aliphatic carbocycles. The molecular formula is C29H30F5NO2. The predicted octanol–water partition coefficient (Wildman–Crippen LogP) is 7.58.